The number of aryl methyl sites for hydroxylation is 2. The zero-order valence-electron chi connectivity index (χ0n) is 10.5. The number of pyridine rings is 1. The number of ether oxygens (including phenoxy) is 1. The Bertz CT molecular complexity index is 589. The van der Waals surface area contributed by atoms with Crippen LogP contribution in [0.1, 0.15) is 17.1 Å². The van der Waals surface area contributed by atoms with Crippen molar-refractivity contribution in [3.63, 3.8) is 0 Å². The van der Waals surface area contributed by atoms with Crippen molar-refractivity contribution in [2.45, 2.75) is 13.8 Å². The predicted octanol–water partition coefficient (Wildman–Crippen LogP) is 1.86. The van der Waals surface area contributed by atoms with Crippen LogP contribution in [0, 0.1) is 13.8 Å². The molecule has 0 amide bonds. The van der Waals surface area contributed by atoms with Crippen LogP contribution >= 0.6 is 12.2 Å². The van der Waals surface area contributed by atoms with Crippen molar-refractivity contribution in [3.05, 3.63) is 35.4 Å². The summed E-state index contributed by atoms with van der Waals surface area (Å²) in [4.78, 5) is 4.40. The number of aromatic nitrogens is 3. The molecule has 5 nitrogen and oxygen atoms in total. The van der Waals surface area contributed by atoms with Gasteiger partial charge in [0, 0.05) is 7.05 Å². The molecule has 18 heavy (non-hydrogen) atoms. The van der Waals surface area contributed by atoms with Gasteiger partial charge in [-0.15, -0.1) is 0 Å². The molecule has 2 aromatic rings. The Labute approximate surface area is 111 Å². The molecule has 0 unspecified atom stereocenters. The van der Waals surface area contributed by atoms with Gasteiger partial charge in [-0.05, 0) is 26.0 Å². The van der Waals surface area contributed by atoms with Gasteiger partial charge >= 0.3 is 0 Å². The zero-order valence-corrected chi connectivity index (χ0v) is 11.3. The van der Waals surface area contributed by atoms with Gasteiger partial charge in [-0.1, -0.05) is 12.2 Å². The highest BCUT2D eigenvalue weighted by molar-refractivity contribution is 7.80. The van der Waals surface area contributed by atoms with Crippen molar-refractivity contribution in [3.8, 4) is 11.5 Å². The maximum atomic E-state index is 5.77. The Morgan fingerprint density at radius 1 is 1.39 bits per heavy atom. The maximum absolute atomic E-state index is 5.77. The molecule has 0 saturated carbocycles. The lowest BCUT2D eigenvalue weighted by Crippen LogP contribution is -2.10. The van der Waals surface area contributed by atoms with Crippen LogP contribution in [0.3, 0.4) is 0 Å². The van der Waals surface area contributed by atoms with E-state index in [1.165, 1.54) is 0 Å². The smallest absolute Gasteiger partial charge is 0.171 e. The Kier molecular flexibility index (Phi) is 3.29. The first-order valence-electron chi connectivity index (χ1n) is 5.43. The van der Waals surface area contributed by atoms with E-state index in [4.69, 9.17) is 22.7 Å². The summed E-state index contributed by atoms with van der Waals surface area (Å²) in [6, 6.07) is 3.52. The van der Waals surface area contributed by atoms with E-state index in [1.807, 2.05) is 20.9 Å². The average molecular weight is 262 g/mol. The van der Waals surface area contributed by atoms with Gasteiger partial charge in [0.25, 0.3) is 0 Å². The molecule has 0 atom stereocenters. The van der Waals surface area contributed by atoms with E-state index in [1.54, 1.807) is 23.0 Å². The van der Waals surface area contributed by atoms with Crippen LogP contribution in [-0.4, -0.2) is 19.8 Å². The Morgan fingerprint density at radius 2 is 2.11 bits per heavy atom. The van der Waals surface area contributed by atoms with Crippen molar-refractivity contribution in [2.75, 3.05) is 0 Å². The third-order valence-corrected chi connectivity index (χ3v) is 2.86. The summed E-state index contributed by atoms with van der Waals surface area (Å²) in [6.07, 6.45) is 1.60. The highest BCUT2D eigenvalue weighted by Crippen LogP contribution is 2.27. The van der Waals surface area contributed by atoms with Crippen LogP contribution < -0.4 is 10.5 Å². The van der Waals surface area contributed by atoms with Gasteiger partial charge in [-0.25, -0.2) is 4.98 Å². The van der Waals surface area contributed by atoms with Crippen molar-refractivity contribution >= 4 is 17.2 Å². The largest absolute Gasteiger partial charge is 0.452 e. The third kappa shape index (κ3) is 2.33. The molecule has 2 heterocycles. The molecule has 0 bridgehead atoms. The average Bonchev–Trinajstić information content (AvgIpc) is 2.57. The maximum Gasteiger partial charge on any atom is 0.171 e. The predicted molar refractivity (Wildman–Crippen MR) is 72.9 cm³/mol. The third-order valence-electron chi connectivity index (χ3n) is 2.65. The monoisotopic (exact) mass is 262 g/mol. The molecule has 0 radical (unpaired) electrons. The topological polar surface area (TPSA) is 66.0 Å². The number of thiocarbonyl (C=S) groups is 1. The first kappa shape index (κ1) is 12.5. The second kappa shape index (κ2) is 4.73. The minimum absolute atomic E-state index is 0.273. The van der Waals surface area contributed by atoms with Gasteiger partial charge < -0.3 is 10.5 Å². The summed E-state index contributed by atoms with van der Waals surface area (Å²) in [5, 5.41) is 4.28. The molecule has 0 aromatic carbocycles. The van der Waals surface area contributed by atoms with Crippen LogP contribution in [0.15, 0.2) is 18.3 Å². The Morgan fingerprint density at radius 3 is 2.56 bits per heavy atom. The van der Waals surface area contributed by atoms with Crippen molar-refractivity contribution in [2.24, 2.45) is 12.8 Å². The number of nitrogens with two attached hydrogens (primary N) is 1. The fourth-order valence-corrected chi connectivity index (χ4v) is 1.73. The summed E-state index contributed by atoms with van der Waals surface area (Å²) in [5.74, 6) is 1.39. The number of hydrogen-bond donors (Lipinski definition) is 1. The van der Waals surface area contributed by atoms with Crippen molar-refractivity contribution in [1.29, 1.82) is 0 Å². The molecule has 0 spiro atoms. The summed E-state index contributed by atoms with van der Waals surface area (Å²) in [5.41, 5.74) is 7.87. The second-order valence-corrected chi connectivity index (χ2v) is 4.41. The van der Waals surface area contributed by atoms with E-state index < -0.39 is 0 Å². The quantitative estimate of drug-likeness (QED) is 0.855. The zero-order chi connectivity index (χ0) is 13.3. The fourth-order valence-electron chi connectivity index (χ4n) is 1.61. The van der Waals surface area contributed by atoms with Crippen LogP contribution in [0.25, 0.3) is 0 Å². The number of hydrogen-bond acceptors (Lipinski definition) is 4. The van der Waals surface area contributed by atoms with Crippen LogP contribution in [0.5, 0.6) is 11.5 Å². The molecule has 0 aliphatic heterocycles. The Balaban J connectivity index is 2.26. The van der Waals surface area contributed by atoms with E-state index in [0.717, 1.165) is 17.1 Å². The number of nitrogens with zero attached hydrogens (tertiary/aromatic N) is 3. The van der Waals surface area contributed by atoms with Crippen LogP contribution in [0.2, 0.25) is 0 Å². The van der Waals surface area contributed by atoms with E-state index in [9.17, 15) is 0 Å². The minimum Gasteiger partial charge on any atom is -0.452 e. The molecular formula is C12H14N4OS. The van der Waals surface area contributed by atoms with Gasteiger partial charge in [0.05, 0.1) is 17.6 Å². The Hall–Kier alpha value is -1.95. The van der Waals surface area contributed by atoms with E-state index >= 15 is 0 Å². The molecule has 94 valence electrons. The van der Waals surface area contributed by atoms with Gasteiger partial charge in [0.2, 0.25) is 0 Å². The molecule has 0 aliphatic carbocycles. The number of rotatable bonds is 3. The van der Waals surface area contributed by atoms with Gasteiger partial charge in [0.15, 0.2) is 5.75 Å². The summed E-state index contributed by atoms with van der Waals surface area (Å²) in [6.45, 7) is 3.85. The lowest BCUT2D eigenvalue weighted by molar-refractivity contribution is 0.472. The molecule has 6 heteroatoms. The minimum atomic E-state index is 0.273. The van der Waals surface area contributed by atoms with E-state index in [-0.39, 0.29) is 4.99 Å². The molecule has 2 aromatic heterocycles. The van der Waals surface area contributed by atoms with Crippen molar-refractivity contribution < 1.29 is 4.74 Å². The first-order valence-corrected chi connectivity index (χ1v) is 5.83. The molecule has 0 aliphatic rings. The molecular weight excluding hydrogens is 248 g/mol. The van der Waals surface area contributed by atoms with Crippen LogP contribution in [-0.2, 0) is 7.05 Å². The lowest BCUT2D eigenvalue weighted by atomic mass is 10.3. The standard InChI is InChI=1S/C12H14N4OS/c1-7-11(8(2)16(3)15-7)17-9-4-5-10(12(13)18)14-6-9/h4-6H,1-3H3,(H2,13,18). The molecule has 0 saturated heterocycles. The van der Waals surface area contributed by atoms with Crippen LogP contribution in [0.4, 0.5) is 0 Å². The van der Waals surface area contributed by atoms with Gasteiger partial charge in [-0.3, -0.25) is 4.68 Å². The molecule has 0 fully saturated rings. The fraction of sp³-hybridized carbons (Fsp3) is 0.250. The first-order chi connectivity index (χ1) is 8.49. The molecule has 2 rings (SSSR count). The summed E-state index contributed by atoms with van der Waals surface area (Å²) >= 11 is 4.84. The normalized spacial score (nSPS) is 10.4. The van der Waals surface area contributed by atoms with E-state index in [0.29, 0.717) is 11.4 Å². The van der Waals surface area contributed by atoms with Crippen molar-refractivity contribution in [1.82, 2.24) is 14.8 Å². The molecule has 2 N–H and O–H groups in total. The lowest BCUT2D eigenvalue weighted by Gasteiger charge is -2.06. The highest BCUT2D eigenvalue weighted by Gasteiger charge is 2.11. The second-order valence-electron chi connectivity index (χ2n) is 3.97. The van der Waals surface area contributed by atoms with E-state index in [2.05, 4.69) is 10.1 Å². The summed E-state index contributed by atoms with van der Waals surface area (Å²) < 4.78 is 7.54. The van der Waals surface area contributed by atoms with Gasteiger partial charge in [0.1, 0.15) is 16.4 Å². The summed E-state index contributed by atoms with van der Waals surface area (Å²) in [7, 11) is 1.88. The van der Waals surface area contributed by atoms with Gasteiger partial charge in [-0.2, -0.15) is 5.10 Å². The SMILES string of the molecule is Cc1nn(C)c(C)c1Oc1ccc(C(N)=S)nc1. The highest BCUT2D eigenvalue weighted by atomic mass is 32.1.